The van der Waals surface area contributed by atoms with Gasteiger partial charge in [0.25, 0.3) is 0 Å². The zero-order chi connectivity index (χ0) is 17.2. The number of nitrogens with zero attached hydrogens (tertiary/aromatic N) is 1. The minimum atomic E-state index is -3.01. The van der Waals surface area contributed by atoms with Gasteiger partial charge in [-0.15, -0.1) is 24.0 Å². The highest BCUT2D eigenvalue weighted by Crippen LogP contribution is 2.34. The molecule has 0 radical (unpaired) electrons. The van der Waals surface area contributed by atoms with Crippen LogP contribution in [0, 0.1) is 0 Å². The van der Waals surface area contributed by atoms with Gasteiger partial charge in [0.1, 0.15) is 5.75 Å². The van der Waals surface area contributed by atoms with Crippen molar-refractivity contribution < 1.29 is 17.9 Å². The lowest BCUT2D eigenvalue weighted by atomic mass is 10.2. The Kier molecular flexibility index (Phi) is 12.4. The van der Waals surface area contributed by atoms with Gasteiger partial charge in [-0.1, -0.05) is 23.2 Å². The molecule has 10 heteroatoms. The second kappa shape index (κ2) is 12.7. The highest BCUT2D eigenvalue weighted by molar-refractivity contribution is 14.0. The zero-order valence-corrected chi connectivity index (χ0v) is 16.8. The monoisotopic (exact) mass is 499 g/mol. The Hall–Kier alpha value is -0.610. The topological polar surface area (TPSA) is 45.7 Å². The van der Waals surface area contributed by atoms with Gasteiger partial charge in [0.15, 0.2) is 5.96 Å². The first-order chi connectivity index (χ1) is 11.0. The molecule has 0 saturated heterocycles. The van der Waals surface area contributed by atoms with Crippen LogP contribution in [0.4, 0.5) is 13.2 Å². The Balaban J connectivity index is 0.00000529. The molecule has 0 spiro atoms. The molecule has 24 heavy (non-hydrogen) atoms. The van der Waals surface area contributed by atoms with Gasteiger partial charge in [-0.05, 0) is 25.5 Å². The Bertz CT molecular complexity index is 536. The average Bonchev–Trinajstić information content (AvgIpc) is 2.47. The fraction of sp³-hybridized carbons (Fsp3) is 0.500. The van der Waals surface area contributed by atoms with Gasteiger partial charge in [-0.25, -0.2) is 4.99 Å². The van der Waals surface area contributed by atoms with Gasteiger partial charge in [0, 0.05) is 23.7 Å². The Labute approximate surface area is 166 Å². The summed E-state index contributed by atoms with van der Waals surface area (Å²) < 4.78 is 41.6. The number of rotatable bonds is 8. The van der Waals surface area contributed by atoms with Gasteiger partial charge in [-0.3, -0.25) is 4.39 Å². The van der Waals surface area contributed by atoms with Crippen molar-refractivity contribution in [2.45, 2.75) is 26.5 Å². The molecule has 0 aliphatic heterocycles. The second-order valence-electron chi connectivity index (χ2n) is 4.42. The fourth-order valence-corrected chi connectivity index (χ4v) is 2.31. The Morgan fingerprint density at radius 3 is 2.58 bits per heavy atom. The third kappa shape index (κ3) is 8.48. The molecule has 0 aliphatic rings. The van der Waals surface area contributed by atoms with Crippen molar-refractivity contribution in [1.82, 2.24) is 10.6 Å². The van der Waals surface area contributed by atoms with Crippen LogP contribution in [0.1, 0.15) is 18.9 Å². The molecule has 2 N–H and O–H groups in total. The summed E-state index contributed by atoms with van der Waals surface area (Å²) in [4.78, 5) is 4.24. The highest BCUT2D eigenvalue weighted by Gasteiger charge is 2.15. The number of halogens is 6. The molecular weight excluding hydrogens is 481 g/mol. The molecule has 138 valence electrons. The summed E-state index contributed by atoms with van der Waals surface area (Å²) in [5.74, 6) is 0.273. The minimum Gasteiger partial charge on any atom is -0.433 e. The standard InChI is InChI=1S/C14H18Cl2F3N3O.HI/c1-2-20-14(21-5-3-4-17)22-8-9-6-10(15)7-11(16)12(9)23-13(18)19;/h6-7,13H,2-5,8H2,1H3,(H2,20,21,22);1H. The van der Waals surface area contributed by atoms with Crippen LogP contribution >= 0.6 is 47.2 Å². The van der Waals surface area contributed by atoms with E-state index >= 15 is 0 Å². The van der Waals surface area contributed by atoms with Crippen molar-refractivity contribution in [3.63, 3.8) is 0 Å². The zero-order valence-electron chi connectivity index (χ0n) is 12.9. The van der Waals surface area contributed by atoms with E-state index in [1.165, 1.54) is 12.1 Å². The minimum absolute atomic E-state index is 0. The van der Waals surface area contributed by atoms with Crippen LogP contribution in [0.2, 0.25) is 10.0 Å². The number of benzene rings is 1. The molecule has 0 atom stereocenters. The maximum Gasteiger partial charge on any atom is 0.387 e. The maximum absolute atomic E-state index is 12.5. The number of nitrogens with one attached hydrogen (secondary N) is 2. The predicted octanol–water partition coefficient (Wildman–Crippen LogP) is 4.63. The molecule has 0 amide bonds. The lowest BCUT2D eigenvalue weighted by molar-refractivity contribution is -0.0503. The Morgan fingerprint density at radius 2 is 2.00 bits per heavy atom. The lowest BCUT2D eigenvalue weighted by Crippen LogP contribution is -2.37. The summed E-state index contributed by atoms with van der Waals surface area (Å²) in [5, 5.41) is 6.16. The van der Waals surface area contributed by atoms with E-state index in [1.54, 1.807) is 0 Å². The second-order valence-corrected chi connectivity index (χ2v) is 5.26. The first-order valence-corrected chi connectivity index (χ1v) is 7.74. The van der Waals surface area contributed by atoms with Crippen LogP contribution in [-0.2, 0) is 6.54 Å². The number of hydrogen-bond acceptors (Lipinski definition) is 2. The van der Waals surface area contributed by atoms with Crippen LogP contribution in [0.15, 0.2) is 17.1 Å². The largest absolute Gasteiger partial charge is 0.433 e. The third-order valence-corrected chi connectivity index (χ3v) is 3.15. The molecule has 0 saturated carbocycles. The SMILES string of the molecule is CCNC(=NCc1cc(Cl)cc(Cl)c1OC(F)F)NCCCF.I. The van der Waals surface area contributed by atoms with Gasteiger partial charge < -0.3 is 15.4 Å². The van der Waals surface area contributed by atoms with E-state index in [0.29, 0.717) is 31.0 Å². The van der Waals surface area contributed by atoms with E-state index in [0.717, 1.165) is 0 Å². The number of alkyl halides is 3. The average molecular weight is 500 g/mol. The van der Waals surface area contributed by atoms with Crippen molar-refractivity contribution >= 4 is 53.1 Å². The highest BCUT2D eigenvalue weighted by atomic mass is 127. The fourth-order valence-electron chi connectivity index (χ4n) is 1.73. The first-order valence-electron chi connectivity index (χ1n) is 6.98. The van der Waals surface area contributed by atoms with Gasteiger partial charge in [0.05, 0.1) is 18.2 Å². The molecule has 0 bridgehead atoms. The number of aliphatic imine (C=N–C) groups is 1. The molecule has 0 unspecified atom stereocenters. The smallest absolute Gasteiger partial charge is 0.387 e. The normalized spacial score (nSPS) is 11.2. The van der Waals surface area contributed by atoms with Crippen LogP contribution in [-0.4, -0.2) is 32.3 Å². The van der Waals surface area contributed by atoms with Gasteiger partial charge in [-0.2, -0.15) is 8.78 Å². The van der Waals surface area contributed by atoms with Gasteiger partial charge in [0.2, 0.25) is 0 Å². The number of ether oxygens (including phenoxy) is 1. The molecule has 1 aromatic carbocycles. The number of guanidine groups is 1. The number of hydrogen-bond donors (Lipinski definition) is 2. The van der Waals surface area contributed by atoms with E-state index < -0.39 is 13.3 Å². The molecule has 1 rings (SSSR count). The molecule has 0 aliphatic carbocycles. The van der Waals surface area contributed by atoms with E-state index in [9.17, 15) is 13.2 Å². The van der Waals surface area contributed by atoms with Gasteiger partial charge >= 0.3 is 6.61 Å². The van der Waals surface area contributed by atoms with E-state index in [1.807, 2.05) is 6.92 Å². The van der Waals surface area contributed by atoms with Crippen molar-refractivity contribution in [3.8, 4) is 5.75 Å². The third-order valence-electron chi connectivity index (χ3n) is 2.65. The van der Waals surface area contributed by atoms with Crippen molar-refractivity contribution in [1.29, 1.82) is 0 Å². The molecule has 0 aromatic heterocycles. The van der Waals surface area contributed by atoms with E-state index in [2.05, 4.69) is 20.4 Å². The van der Waals surface area contributed by atoms with Crippen molar-refractivity contribution in [2.75, 3.05) is 19.8 Å². The molecule has 0 fully saturated rings. The molecule has 1 aromatic rings. The van der Waals surface area contributed by atoms with Crippen LogP contribution in [0.3, 0.4) is 0 Å². The summed E-state index contributed by atoms with van der Waals surface area (Å²) in [6, 6.07) is 2.78. The lowest BCUT2D eigenvalue weighted by Gasteiger charge is -2.14. The van der Waals surface area contributed by atoms with Crippen LogP contribution in [0.5, 0.6) is 5.75 Å². The molecular formula is C14H19Cl2F3IN3O. The van der Waals surface area contributed by atoms with Crippen LogP contribution in [0.25, 0.3) is 0 Å². The first kappa shape index (κ1) is 23.4. The molecule has 0 heterocycles. The molecule has 4 nitrogen and oxygen atoms in total. The summed E-state index contributed by atoms with van der Waals surface area (Å²) in [6.07, 6.45) is 0.340. The quantitative estimate of drug-likeness (QED) is 0.237. The van der Waals surface area contributed by atoms with Crippen molar-refractivity contribution in [2.24, 2.45) is 4.99 Å². The maximum atomic E-state index is 12.5. The van der Waals surface area contributed by atoms with E-state index in [-0.39, 0.29) is 46.3 Å². The van der Waals surface area contributed by atoms with Crippen LogP contribution < -0.4 is 15.4 Å². The summed E-state index contributed by atoms with van der Waals surface area (Å²) in [7, 11) is 0. The van der Waals surface area contributed by atoms with E-state index in [4.69, 9.17) is 23.2 Å². The Morgan fingerprint density at radius 1 is 1.29 bits per heavy atom. The van der Waals surface area contributed by atoms with Crippen molar-refractivity contribution in [3.05, 3.63) is 27.7 Å². The summed E-state index contributed by atoms with van der Waals surface area (Å²) >= 11 is 11.8. The predicted molar refractivity (Wildman–Crippen MR) is 102 cm³/mol. The summed E-state index contributed by atoms with van der Waals surface area (Å²) in [6.45, 7) is -0.562. The summed E-state index contributed by atoms with van der Waals surface area (Å²) in [5.41, 5.74) is 0.325.